The highest BCUT2D eigenvalue weighted by Crippen LogP contribution is 2.43. The zero-order valence-electron chi connectivity index (χ0n) is 23.3. The van der Waals surface area contributed by atoms with E-state index in [9.17, 15) is 19.5 Å². The standard InChI is InChI=1S/C31H37N3O5/c1-18-10-9-13-24(27(18)35)26(28(36)33-23-15-14-21-11-7-8-12-22(21)17-23)34(25-16-19(25)2)29(37)20(3)32-30(38)39-31(4,5)6/h7-15,17,19-20,25-26,35H,16H2,1-6H3,(H,32,38)(H,33,36). The van der Waals surface area contributed by atoms with Gasteiger partial charge in [0.25, 0.3) is 5.91 Å². The monoisotopic (exact) mass is 531 g/mol. The van der Waals surface area contributed by atoms with E-state index in [1.165, 1.54) is 4.90 Å². The number of ether oxygens (including phenoxy) is 1. The number of para-hydroxylation sites is 1. The maximum atomic E-state index is 14.0. The van der Waals surface area contributed by atoms with E-state index in [1.807, 2.05) is 49.4 Å². The third-order valence-electron chi connectivity index (χ3n) is 6.89. The van der Waals surface area contributed by atoms with Gasteiger partial charge in [-0.2, -0.15) is 0 Å². The van der Waals surface area contributed by atoms with Gasteiger partial charge in [-0.1, -0.05) is 55.5 Å². The summed E-state index contributed by atoms with van der Waals surface area (Å²) < 4.78 is 5.34. The van der Waals surface area contributed by atoms with Crippen LogP contribution in [0.4, 0.5) is 10.5 Å². The van der Waals surface area contributed by atoms with Gasteiger partial charge in [-0.05, 0) is 75.4 Å². The molecule has 1 saturated carbocycles. The van der Waals surface area contributed by atoms with Crippen molar-refractivity contribution in [3.8, 4) is 5.75 Å². The van der Waals surface area contributed by atoms with E-state index in [-0.39, 0.29) is 17.7 Å². The van der Waals surface area contributed by atoms with E-state index in [4.69, 9.17) is 4.74 Å². The number of hydrogen-bond donors (Lipinski definition) is 3. The highest BCUT2D eigenvalue weighted by Gasteiger charge is 2.48. The van der Waals surface area contributed by atoms with Crippen LogP contribution in [-0.4, -0.2) is 45.6 Å². The molecule has 0 radical (unpaired) electrons. The summed E-state index contributed by atoms with van der Waals surface area (Å²) in [6.45, 7) is 10.5. The van der Waals surface area contributed by atoms with Crippen molar-refractivity contribution in [2.45, 2.75) is 71.7 Å². The third kappa shape index (κ3) is 6.50. The lowest BCUT2D eigenvalue weighted by Crippen LogP contribution is -2.52. The van der Waals surface area contributed by atoms with Crippen LogP contribution in [0.5, 0.6) is 5.75 Å². The Balaban J connectivity index is 1.70. The van der Waals surface area contributed by atoms with Gasteiger partial charge in [-0.3, -0.25) is 9.59 Å². The van der Waals surface area contributed by atoms with Gasteiger partial charge in [0.1, 0.15) is 23.4 Å². The Morgan fingerprint density at radius 2 is 1.69 bits per heavy atom. The van der Waals surface area contributed by atoms with Crippen molar-refractivity contribution in [1.82, 2.24) is 10.2 Å². The molecular formula is C31H37N3O5. The summed E-state index contributed by atoms with van der Waals surface area (Å²) in [7, 11) is 0. The Bertz CT molecular complexity index is 1400. The van der Waals surface area contributed by atoms with E-state index >= 15 is 0 Å². The summed E-state index contributed by atoms with van der Waals surface area (Å²) in [4.78, 5) is 41.9. The van der Waals surface area contributed by atoms with E-state index in [1.54, 1.807) is 52.8 Å². The lowest BCUT2D eigenvalue weighted by molar-refractivity contribution is -0.141. The molecular weight excluding hydrogens is 494 g/mol. The first-order valence-corrected chi connectivity index (χ1v) is 13.3. The largest absolute Gasteiger partial charge is 0.507 e. The van der Waals surface area contributed by atoms with Crippen molar-refractivity contribution in [3.63, 3.8) is 0 Å². The molecule has 1 fully saturated rings. The molecule has 0 saturated heterocycles. The number of amides is 3. The van der Waals surface area contributed by atoms with Gasteiger partial charge in [0.05, 0.1) is 0 Å². The summed E-state index contributed by atoms with van der Waals surface area (Å²) in [5.41, 5.74) is 0.761. The molecule has 0 aliphatic heterocycles. The van der Waals surface area contributed by atoms with Gasteiger partial charge in [0.15, 0.2) is 0 Å². The molecule has 39 heavy (non-hydrogen) atoms. The van der Waals surface area contributed by atoms with E-state index < -0.39 is 35.6 Å². The molecule has 3 aromatic rings. The van der Waals surface area contributed by atoms with Crippen molar-refractivity contribution < 1.29 is 24.2 Å². The number of nitrogens with zero attached hydrogens (tertiary/aromatic N) is 1. The molecule has 4 unspecified atom stereocenters. The normalized spacial score (nSPS) is 18.1. The van der Waals surface area contributed by atoms with Crippen LogP contribution in [0.2, 0.25) is 0 Å². The molecule has 8 nitrogen and oxygen atoms in total. The zero-order chi connectivity index (χ0) is 28.5. The molecule has 4 atom stereocenters. The minimum atomic E-state index is -1.12. The minimum absolute atomic E-state index is 0.0463. The minimum Gasteiger partial charge on any atom is -0.507 e. The number of anilines is 1. The first-order valence-electron chi connectivity index (χ1n) is 13.3. The predicted octanol–water partition coefficient (Wildman–Crippen LogP) is 5.68. The summed E-state index contributed by atoms with van der Waals surface area (Å²) >= 11 is 0. The lowest BCUT2D eigenvalue weighted by atomic mass is 9.98. The number of aromatic hydroxyl groups is 1. The van der Waals surface area contributed by atoms with E-state index in [0.29, 0.717) is 23.2 Å². The molecule has 0 bridgehead atoms. The molecule has 3 amide bonds. The van der Waals surface area contributed by atoms with Crippen LogP contribution in [0.1, 0.15) is 58.2 Å². The molecule has 3 N–H and O–H groups in total. The van der Waals surface area contributed by atoms with Crippen molar-refractivity contribution in [1.29, 1.82) is 0 Å². The van der Waals surface area contributed by atoms with Gasteiger partial charge in [-0.25, -0.2) is 4.79 Å². The van der Waals surface area contributed by atoms with Crippen LogP contribution in [0, 0.1) is 12.8 Å². The fourth-order valence-corrected chi connectivity index (χ4v) is 4.74. The Morgan fingerprint density at radius 3 is 2.33 bits per heavy atom. The summed E-state index contributed by atoms with van der Waals surface area (Å²) in [6, 6.07) is 16.3. The number of alkyl carbamates (subject to hydrolysis) is 1. The molecule has 8 heteroatoms. The Morgan fingerprint density at radius 1 is 1.03 bits per heavy atom. The highest BCUT2D eigenvalue weighted by atomic mass is 16.6. The van der Waals surface area contributed by atoms with Crippen LogP contribution in [0.15, 0.2) is 60.7 Å². The van der Waals surface area contributed by atoms with Crippen molar-refractivity contribution in [3.05, 3.63) is 71.8 Å². The number of nitrogens with one attached hydrogen (secondary N) is 2. The zero-order valence-corrected chi connectivity index (χ0v) is 23.3. The number of fused-ring (bicyclic) bond motifs is 1. The summed E-state index contributed by atoms with van der Waals surface area (Å²) in [5.74, 6) is -0.779. The van der Waals surface area contributed by atoms with Crippen LogP contribution in [0.3, 0.4) is 0 Å². The van der Waals surface area contributed by atoms with Crippen molar-refractivity contribution >= 4 is 34.4 Å². The van der Waals surface area contributed by atoms with Crippen LogP contribution < -0.4 is 10.6 Å². The van der Waals surface area contributed by atoms with Crippen molar-refractivity contribution in [2.24, 2.45) is 5.92 Å². The topological polar surface area (TPSA) is 108 Å². The Hall–Kier alpha value is -4.07. The molecule has 3 aromatic carbocycles. The Labute approximate surface area is 229 Å². The molecule has 0 spiro atoms. The van der Waals surface area contributed by atoms with Crippen LogP contribution >= 0.6 is 0 Å². The number of carbonyl (C=O) groups is 3. The highest BCUT2D eigenvalue weighted by molar-refractivity contribution is 6.01. The van der Waals surface area contributed by atoms with Gasteiger partial charge < -0.3 is 25.4 Å². The summed E-state index contributed by atoms with van der Waals surface area (Å²) in [6.07, 6.45) is -0.0141. The molecule has 4 rings (SSSR count). The van der Waals surface area contributed by atoms with Gasteiger partial charge in [-0.15, -0.1) is 0 Å². The second kappa shape index (κ2) is 11.0. The SMILES string of the molecule is Cc1cccc(C(C(=O)Nc2ccc3ccccc3c2)N(C(=O)C(C)NC(=O)OC(C)(C)C)C2CC2C)c1O. The first-order chi connectivity index (χ1) is 18.4. The number of hydrogen-bond acceptors (Lipinski definition) is 5. The van der Waals surface area contributed by atoms with Crippen molar-refractivity contribution in [2.75, 3.05) is 5.32 Å². The third-order valence-corrected chi connectivity index (χ3v) is 6.89. The van der Waals surface area contributed by atoms with Crippen LogP contribution in [0.25, 0.3) is 10.8 Å². The van der Waals surface area contributed by atoms with Gasteiger partial charge >= 0.3 is 6.09 Å². The number of phenols is 1. The molecule has 1 aliphatic rings. The van der Waals surface area contributed by atoms with Gasteiger partial charge in [0.2, 0.25) is 5.91 Å². The van der Waals surface area contributed by atoms with Crippen LogP contribution in [-0.2, 0) is 14.3 Å². The first kappa shape index (κ1) is 28.0. The fourth-order valence-electron chi connectivity index (χ4n) is 4.74. The Kier molecular flexibility index (Phi) is 7.86. The van der Waals surface area contributed by atoms with E-state index in [0.717, 1.165) is 10.8 Å². The number of carbonyl (C=O) groups excluding carboxylic acids is 3. The second-order valence-electron chi connectivity index (χ2n) is 11.4. The second-order valence-corrected chi connectivity index (χ2v) is 11.4. The molecule has 0 aromatic heterocycles. The number of benzene rings is 3. The number of phenolic OH excluding ortho intramolecular Hbond substituents is 1. The maximum absolute atomic E-state index is 14.0. The number of aryl methyl sites for hydroxylation is 1. The number of rotatable bonds is 7. The average molecular weight is 532 g/mol. The van der Waals surface area contributed by atoms with Gasteiger partial charge in [0, 0.05) is 17.3 Å². The lowest BCUT2D eigenvalue weighted by Gasteiger charge is -2.34. The predicted molar refractivity (Wildman–Crippen MR) is 151 cm³/mol. The smallest absolute Gasteiger partial charge is 0.408 e. The maximum Gasteiger partial charge on any atom is 0.408 e. The average Bonchev–Trinajstić information content (AvgIpc) is 3.58. The molecule has 1 aliphatic carbocycles. The van der Waals surface area contributed by atoms with E-state index in [2.05, 4.69) is 10.6 Å². The molecule has 0 heterocycles. The molecule has 206 valence electrons. The summed E-state index contributed by atoms with van der Waals surface area (Å²) in [5, 5.41) is 18.6. The fraction of sp³-hybridized carbons (Fsp3) is 0.387. The quantitative estimate of drug-likeness (QED) is 0.363.